The van der Waals surface area contributed by atoms with Gasteiger partial charge in [0.15, 0.2) is 25.8 Å². The average molecular weight is 644 g/mol. The summed E-state index contributed by atoms with van der Waals surface area (Å²) in [7, 11) is -3.87. The Morgan fingerprint density at radius 2 is 1.61 bits per heavy atom. The summed E-state index contributed by atoms with van der Waals surface area (Å²) in [6, 6.07) is 7.03. The number of hydrogen-bond donors (Lipinski definition) is 1. The van der Waals surface area contributed by atoms with Crippen LogP contribution < -0.4 is 14.2 Å². The van der Waals surface area contributed by atoms with Crippen molar-refractivity contribution in [2.75, 3.05) is 18.9 Å². The highest BCUT2D eigenvalue weighted by Crippen LogP contribution is 2.42. The third-order valence-electron chi connectivity index (χ3n) is 7.69. The molecule has 0 unspecified atom stereocenters. The van der Waals surface area contributed by atoms with Gasteiger partial charge < -0.3 is 13.9 Å². The fourth-order valence-electron chi connectivity index (χ4n) is 4.18. The fraction of sp³-hybridized carbons (Fsp3) is 0.414. The molecule has 4 rings (SSSR count). The number of nitrogens with one attached hydrogen (secondary N) is 1. The summed E-state index contributed by atoms with van der Waals surface area (Å²) in [6.07, 6.45) is 4.16. The summed E-state index contributed by atoms with van der Waals surface area (Å²) in [5, 5.41) is 7.09. The van der Waals surface area contributed by atoms with Crippen molar-refractivity contribution >= 4 is 24.3 Å². The summed E-state index contributed by atoms with van der Waals surface area (Å²) < 4.78 is 64.0. The monoisotopic (exact) mass is 643 g/mol. The molecule has 0 aliphatic heterocycles. The lowest BCUT2D eigenvalue weighted by Crippen LogP contribution is -2.45. The molecule has 44 heavy (non-hydrogen) atoms. The minimum atomic E-state index is -4.28. The average Bonchev–Trinajstić information content (AvgIpc) is 3.37. The summed E-state index contributed by atoms with van der Waals surface area (Å²) in [5.41, 5.74) is 1.83. The van der Waals surface area contributed by atoms with Crippen LogP contribution in [-0.4, -0.2) is 65.9 Å². The van der Waals surface area contributed by atoms with Crippen LogP contribution in [0.3, 0.4) is 0 Å². The number of rotatable bonds is 11. The zero-order valence-corrected chi connectivity index (χ0v) is 28.1. The fourth-order valence-corrected chi connectivity index (χ4v) is 6.65. The second-order valence-electron chi connectivity index (χ2n) is 11.9. The first-order valence-corrected chi connectivity index (χ1v) is 18.3. The van der Waals surface area contributed by atoms with Gasteiger partial charge in [0, 0.05) is 18.0 Å². The van der Waals surface area contributed by atoms with Gasteiger partial charge in [-0.05, 0) is 55.7 Å². The maximum atomic E-state index is 14.1. The number of nitrogens with zero attached hydrogens (tertiary/aromatic N) is 6. The van der Waals surface area contributed by atoms with E-state index in [9.17, 15) is 12.8 Å². The second kappa shape index (κ2) is 12.6. The molecule has 0 bridgehead atoms. The van der Waals surface area contributed by atoms with Crippen LogP contribution in [0.1, 0.15) is 45.2 Å². The lowest BCUT2D eigenvalue weighted by atomic mass is 10.2. The Morgan fingerprint density at radius 3 is 2.16 bits per heavy atom. The second-order valence-corrected chi connectivity index (χ2v) is 18.6. The Bertz CT molecular complexity index is 1700. The number of sulfonamides is 1. The zero-order chi connectivity index (χ0) is 32.4. The molecule has 15 heteroatoms. The maximum absolute atomic E-state index is 14.1. The molecule has 2 atom stereocenters. The van der Waals surface area contributed by atoms with Crippen molar-refractivity contribution in [2.24, 2.45) is 0 Å². The topological polar surface area (TPSA) is 143 Å². The van der Waals surface area contributed by atoms with E-state index in [0.29, 0.717) is 28.6 Å². The molecule has 1 N–H and O–H groups in total. The Hall–Kier alpha value is -3.95. The molecule has 0 radical (unpaired) electrons. The summed E-state index contributed by atoms with van der Waals surface area (Å²) in [5.74, 6) is 0.350. The number of hydrogen-bond acceptors (Lipinski definition) is 10. The number of aromatic nitrogens is 6. The number of aryl methyl sites for hydroxylation is 1. The van der Waals surface area contributed by atoms with E-state index in [1.54, 1.807) is 30.6 Å². The normalized spacial score (nSPS) is 13.8. The first kappa shape index (κ1) is 33.0. The molecule has 4 aromatic rings. The van der Waals surface area contributed by atoms with Crippen molar-refractivity contribution < 1.29 is 26.7 Å². The number of halogens is 1. The minimum absolute atomic E-state index is 0.0495. The van der Waals surface area contributed by atoms with Crippen LogP contribution in [0.5, 0.6) is 11.5 Å². The molecule has 12 nitrogen and oxygen atoms in total. The van der Waals surface area contributed by atoms with Gasteiger partial charge in [0.25, 0.3) is 0 Å². The van der Waals surface area contributed by atoms with E-state index in [0.717, 1.165) is 18.0 Å². The summed E-state index contributed by atoms with van der Waals surface area (Å²) >= 11 is 0. The highest BCUT2D eigenvalue weighted by atomic mass is 32.2. The van der Waals surface area contributed by atoms with Crippen LogP contribution in [-0.2, 0) is 14.4 Å². The van der Waals surface area contributed by atoms with Gasteiger partial charge in [-0.3, -0.25) is 14.3 Å². The molecule has 0 fully saturated rings. The Labute approximate surface area is 258 Å². The summed E-state index contributed by atoms with van der Waals surface area (Å²) in [4.78, 5) is 12.5. The van der Waals surface area contributed by atoms with E-state index in [2.05, 4.69) is 29.9 Å². The molecular formula is C29H38FN7O5SSi. The first-order valence-electron chi connectivity index (χ1n) is 13.9. The van der Waals surface area contributed by atoms with Crippen molar-refractivity contribution in [2.45, 2.75) is 64.1 Å². The van der Waals surface area contributed by atoms with E-state index in [-0.39, 0.29) is 16.8 Å². The van der Waals surface area contributed by atoms with E-state index in [1.807, 2.05) is 46.9 Å². The van der Waals surface area contributed by atoms with Crippen molar-refractivity contribution in [3.63, 3.8) is 0 Å². The molecule has 3 aromatic heterocycles. The molecule has 236 valence electrons. The van der Waals surface area contributed by atoms with Gasteiger partial charge in [-0.2, -0.15) is 0 Å². The van der Waals surface area contributed by atoms with Gasteiger partial charge in [0.05, 0.1) is 26.6 Å². The third-order valence-corrected chi connectivity index (χ3v) is 13.8. The van der Waals surface area contributed by atoms with E-state index in [1.165, 1.54) is 25.7 Å². The van der Waals surface area contributed by atoms with Crippen LogP contribution >= 0.6 is 0 Å². The van der Waals surface area contributed by atoms with Crippen molar-refractivity contribution in [1.82, 2.24) is 29.7 Å². The van der Waals surface area contributed by atoms with Crippen LogP contribution in [0.15, 0.2) is 49.1 Å². The number of pyridine rings is 1. The van der Waals surface area contributed by atoms with Gasteiger partial charge in [-0.15, -0.1) is 10.2 Å². The van der Waals surface area contributed by atoms with Crippen LogP contribution in [0.2, 0.25) is 18.1 Å². The predicted octanol–water partition coefficient (Wildman–Crippen LogP) is 5.48. The Balaban J connectivity index is 1.86. The lowest BCUT2D eigenvalue weighted by molar-refractivity contribution is 0.172. The molecule has 0 saturated heterocycles. The molecule has 0 aliphatic carbocycles. The van der Waals surface area contributed by atoms with Gasteiger partial charge in [0.2, 0.25) is 16.0 Å². The molecule has 0 amide bonds. The van der Waals surface area contributed by atoms with E-state index in [4.69, 9.17) is 13.9 Å². The zero-order valence-electron chi connectivity index (χ0n) is 26.3. The lowest BCUT2D eigenvalue weighted by Gasteiger charge is -2.40. The largest absolute Gasteiger partial charge is 0.494 e. The third kappa shape index (κ3) is 6.74. The summed E-state index contributed by atoms with van der Waals surface area (Å²) in [6.45, 7) is 13.4. The number of anilines is 1. The number of benzene rings is 1. The molecule has 3 heterocycles. The highest BCUT2D eigenvalue weighted by Gasteiger charge is 2.44. The van der Waals surface area contributed by atoms with Gasteiger partial charge in [-0.1, -0.05) is 26.8 Å². The molecule has 1 aromatic carbocycles. The van der Waals surface area contributed by atoms with Crippen LogP contribution in [0.25, 0.3) is 17.1 Å². The standard InChI is InChI=1S/C29H38FN7O5SSi/c1-18-13-20(15-31-14-18)27-34-35-28(37(27)24-22(40-6)11-10-12-23(24)41-7)36-43(38,39)19(2)25(26-32-16-21(30)17-33-26)42-44(8,9)29(3,4)5/h10-17,19,25H,1-9H3,(H,35,36)/t19-,25+/m0/s1. The van der Waals surface area contributed by atoms with Crippen LogP contribution in [0.4, 0.5) is 10.3 Å². The minimum Gasteiger partial charge on any atom is -0.494 e. The number of methoxy groups -OCH3 is 2. The highest BCUT2D eigenvalue weighted by molar-refractivity contribution is 7.93. The van der Waals surface area contributed by atoms with Gasteiger partial charge in [-0.25, -0.2) is 22.8 Å². The first-order chi connectivity index (χ1) is 20.6. The van der Waals surface area contributed by atoms with Crippen molar-refractivity contribution in [3.8, 4) is 28.6 Å². The molecule has 0 saturated carbocycles. The molecule has 0 aliphatic rings. The van der Waals surface area contributed by atoms with Crippen LogP contribution in [0, 0.1) is 12.7 Å². The Kier molecular flexibility index (Phi) is 9.42. The SMILES string of the molecule is COc1cccc(OC)c1-n1c(NS(=O)(=O)[C@@H](C)[C@@H](O[Si](C)(C)C(C)(C)C)c2ncc(F)cn2)nnc1-c1cncc(C)c1. The number of ether oxygens (including phenoxy) is 2. The quantitative estimate of drug-likeness (QED) is 0.209. The van der Waals surface area contributed by atoms with Crippen molar-refractivity contribution in [3.05, 3.63) is 66.3 Å². The smallest absolute Gasteiger partial charge is 0.243 e. The van der Waals surface area contributed by atoms with E-state index < -0.39 is 35.5 Å². The molecule has 0 spiro atoms. The van der Waals surface area contributed by atoms with Gasteiger partial charge in [0.1, 0.15) is 28.5 Å². The number of para-hydroxylation sites is 1. The predicted molar refractivity (Wildman–Crippen MR) is 167 cm³/mol. The maximum Gasteiger partial charge on any atom is 0.243 e. The molecular weight excluding hydrogens is 606 g/mol. The van der Waals surface area contributed by atoms with E-state index >= 15 is 0 Å². The van der Waals surface area contributed by atoms with Gasteiger partial charge >= 0.3 is 0 Å². The van der Waals surface area contributed by atoms with Crippen molar-refractivity contribution in [1.29, 1.82) is 0 Å². The Morgan fingerprint density at radius 1 is 1.00 bits per heavy atom.